The second kappa shape index (κ2) is 5.58. The molecular formula is C10H18N2O3. The van der Waals surface area contributed by atoms with E-state index in [0.29, 0.717) is 19.7 Å². The molecule has 1 N–H and O–H groups in total. The number of amides is 2. The van der Waals surface area contributed by atoms with Gasteiger partial charge < -0.3 is 15.0 Å². The maximum absolute atomic E-state index is 11.1. The van der Waals surface area contributed by atoms with Crippen LogP contribution in [0.1, 0.15) is 26.7 Å². The molecule has 0 atom stereocenters. The van der Waals surface area contributed by atoms with Crippen LogP contribution in [0.3, 0.4) is 0 Å². The number of ether oxygens (including phenoxy) is 1. The fraction of sp³-hybridized carbons (Fsp3) is 0.800. The largest absolute Gasteiger partial charge is 0.450 e. The van der Waals surface area contributed by atoms with Crippen molar-refractivity contribution in [2.24, 2.45) is 0 Å². The van der Waals surface area contributed by atoms with Crippen molar-refractivity contribution in [3.05, 3.63) is 0 Å². The van der Waals surface area contributed by atoms with Gasteiger partial charge in [-0.05, 0) is 19.8 Å². The highest BCUT2D eigenvalue weighted by molar-refractivity contribution is 5.73. The summed E-state index contributed by atoms with van der Waals surface area (Å²) in [7, 11) is 0. The predicted molar refractivity (Wildman–Crippen MR) is 55.4 cm³/mol. The van der Waals surface area contributed by atoms with Crippen LogP contribution in [0.25, 0.3) is 0 Å². The quantitative estimate of drug-likeness (QED) is 0.737. The first-order valence-electron chi connectivity index (χ1n) is 5.32. The van der Waals surface area contributed by atoms with E-state index in [1.54, 1.807) is 18.7 Å². The average molecular weight is 214 g/mol. The van der Waals surface area contributed by atoms with Gasteiger partial charge in [-0.15, -0.1) is 0 Å². The molecule has 1 saturated heterocycles. The third-order valence-electron chi connectivity index (χ3n) is 2.54. The molecular weight excluding hydrogens is 196 g/mol. The molecule has 0 aromatic heterocycles. The van der Waals surface area contributed by atoms with Crippen LogP contribution in [0, 0.1) is 0 Å². The van der Waals surface area contributed by atoms with Gasteiger partial charge >= 0.3 is 6.09 Å². The van der Waals surface area contributed by atoms with Crippen molar-refractivity contribution in [3.8, 4) is 0 Å². The minimum Gasteiger partial charge on any atom is -0.450 e. The normalized spacial score (nSPS) is 17.3. The van der Waals surface area contributed by atoms with E-state index in [-0.39, 0.29) is 18.0 Å². The van der Waals surface area contributed by atoms with Gasteiger partial charge in [-0.1, -0.05) is 0 Å². The number of carbonyl (C=O) groups excluding carboxylic acids is 2. The van der Waals surface area contributed by atoms with Gasteiger partial charge in [0.05, 0.1) is 6.61 Å². The fourth-order valence-corrected chi connectivity index (χ4v) is 1.68. The summed E-state index contributed by atoms with van der Waals surface area (Å²) in [6.45, 7) is 5.16. The van der Waals surface area contributed by atoms with Gasteiger partial charge in [0, 0.05) is 26.1 Å². The van der Waals surface area contributed by atoms with Crippen LogP contribution in [0.15, 0.2) is 0 Å². The number of nitrogens with zero attached hydrogens (tertiary/aromatic N) is 1. The minimum atomic E-state index is -0.362. The Morgan fingerprint density at radius 1 is 1.40 bits per heavy atom. The van der Waals surface area contributed by atoms with E-state index in [1.165, 1.54) is 0 Å². The molecule has 5 heteroatoms. The number of carbonyl (C=O) groups is 2. The number of likely N-dealkylation sites (tertiary alicyclic amines) is 1. The Kier molecular flexibility index (Phi) is 4.39. The van der Waals surface area contributed by atoms with Crippen molar-refractivity contribution in [3.63, 3.8) is 0 Å². The summed E-state index contributed by atoms with van der Waals surface area (Å²) in [5, 5.41) is 2.78. The van der Waals surface area contributed by atoms with E-state index in [0.717, 1.165) is 12.8 Å². The van der Waals surface area contributed by atoms with Crippen LogP contribution in [-0.2, 0) is 9.53 Å². The topological polar surface area (TPSA) is 58.6 Å². The molecule has 0 unspecified atom stereocenters. The van der Waals surface area contributed by atoms with Crippen molar-refractivity contribution in [2.45, 2.75) is 32.7 Å². The summed E-state index contributed by atoms with van der Waals surface area (Å²) < 4.78 is 4.79. The lowest BCUT2D eigenvalue weighted by atomic mass is 10.1. The second-order valence-corrected chi connectivity index (χ2v) is 3.65. The number of alkyl carbamates (subject to hydrolysis) is 1. The minimum absolute atomic E-state index is 0.101. The first kappa shape index (κ1) is 11.8. The Bertz CT molecular complexity index is 235. The third-order valence-corrected chi connectivity index (χ3v) is 2.54. The van der Waals surface area contributed by atoms with Crippen LogP contribution < -0.4 is 5.32 Å². The molecule has 15 heavy (non-hydrogen) atoms. The molecule has 0 aromatic rings. The number of nitrogens with one attached hydrogen (secondary N) is 1. The van der Waals surface area contributed by atoms with E-state index in [1.807, 2.05) is 0 Å². The second-order valence-electron chi connectivity index (χ2n) is 3.65. The Morgan fingerprint density at radius 2 is 2.00 bits per heavy atom. The monoisotopic (exact) mass is 214 g/mol. The van der Waals surface area contributed by atoms with E-state index < -0.39 is 0 Å². The van der Waals surface area contributed by atoms with Crippen molar-refractivity contribution in [1.29, 1.82) is 0 Å². The summed E-state index contributed by atoms with van der Waals surface area (Å²) in [4.78, 5) is 24.0. The first-order chi connectivity index (χ1) is 7.13. The summed E-state index contributed by atoms with van der Waals surface area (Å²) in [5.41, 5.74) is 0. The van der Waals surface area contributed by atoms with Gasteiger partial charge in [0.25, 0.3) is 0 Å². The summed E-state index contributed by atoms with van der Waals surface area (Å²) in [6.07, 6.45) is 1.25. The molecule has 0 aromatic carbocycles. The van der Waals surface area contributed by atoms with Gasteiger partial charge in [-0.3, -0.25) is 4.79 Å². The summed E-state index contributed by atoms with van der Waals surface area (Å²) >= 11 is 0. The molecule has 0 saturated carbocycles. The lowest BCUT2D eigenvalue weighted by Gasteiger charge is -2.31. The summed E-state index contributed by atoms with van der Waals surface area (Å²) in [5.74, 6) is 0.101. The van der Waals surface area contributed by atoms with Crippen molar-refractivity contribution in [2.75, 3.05) is 19.7 Å². The van der Waals surface area contributed by atoms with Crippen LogP contribution in [0.4, 0.5) is 4.79 Å². The van der Waals surface area contributed by atoms with E-state index >= 15 is 0 Å². The highest BCUT2D eigenvalue weighted by Gasteiger charge is 2.21. The molecule has 86 valence electrons. The van der Waals surface area contributed by atoms with Crippen molar-refractivity contribution < 1.29 is 14.3 Å². The van der Waals surface area contributed by atoms with Gasteiger partial charge in [0.15, 0.2) is 0 Å². The zero-order valence-corrected chi connectivity index (χ0v) is 9.28. The van der Waals surface area contributed by atoms with Gasteiger partial charge in [-0.25, -0.2) is 4.79 Å². The lowest BCUT2D eigenvalue weighted by Crippen LogP contribution is -2.46. The molecule has 1 rings (SSSR count). The molecule has 1 aliphatic rings. The zero-order valence-electron chi connectivity index (χ0n) is 9.28. The van der Waals surface area contributed by atoms with Crippen LogP contribution in [0.5, 0.6) is 0 Å². The van der Waals surface area contributed by atoms with E-state index in [9.17, 15) is 9.59 Å². The average Bonchev–Trinajstić information content (AvgIpc) is 2.18. The standard InChI is InChI=1S/C10H18N2O3/c1-3-15-10(14)11-9-4-6-12(7-5-9)8(2)13/h9H,3-7H2,1-2H3,(H,11,14). The Hall–Kier alpha value is -1.26. The van der Waals surface area contributed by atoms with E-state index in [4.69, 9.17) is 4.74 Å². The lowest BCUT2D eigenvalue weighted by molar-refractivity contribution is -0.129. The first-order valence-corrected chi connectivity index (χ1v) is 5.32. The Balaban J connectivity index is 2.25. The molecule has 0 aliphatic carbocycles. The zero-order chi connectivity index (χ0) is 11.3. The third kappa shape index (κ3) is 3.77. The summed E-state index contributed by atoms with van der Waals surface area (Å²) in [6, 6.07) is 0.139. The van der Waals surface area contributed by atoms with Gasteiger partial charge in [-0.2, -0.15) is 0 Å². The molecule has 1 fully saturated rings. The van der Waals surface area contributed by atoms with Crippen molar-refractivity contribution in [1.82, 2.24) is 10.2 Å². The molecule has 0 spiro atoms. The Labute approximate surface area is 89.8 Å². The number of hydrogen-bond donors (Lipinski definition) is 1. The van der Waals surface area contributed by atoms with Gasteiger partial charge in [0.2, 0.25) is 5.91 Å². The molecule has 2 amide bonds. The highest BCUT2D eigenvalue weighted by Crippen LogP contribution is 2.10. The number of piperidine rings is 1. The smallest absolute Gasteiger partial charge is 0.407 e. The highest BCUT2D eigenvalue weighted by atomic mass is 16.5. The SMILES string of the molecule is CCOC(=O)NC1CCN(C(C)=O)CC1. The molecule has 1 heterocycles. The van der Waals surface area contributed by atoms with Gasteiger partial charge in [0.1, 0.15) is 0 Å². The predicted octanol–water partition coefficient (Wildman–Crippen LogP) is 0.743. The molecule has 0 radical (unpaired) electrons. The van der Waals surface area contributed by atoms with Crippen molar-refractivity contribution >= 4 is 12.0 Å². The van der Waals surface area contributed by atoms with Crippen LogP contribution in [-0.4, -0.2) is 42.6 Å². The molecule has 1 aliphatic heterocycles. The number of hydrogen-bond acceptors (Lipinski definition) is 3. The maximum Gasteiger partial charge on any atom is 0.407 e. The van der Waals surface area contributed by atoms with Crippen LogP contribution in [0.2, 0.25) is 0 Å². The van der Waals surface area contributed by atoms with Crippen LogP contribution >= 0.6 is 0 Å². The fourth-order valence-electron chi connectivity index (χ4n) is 1.68. The number of rotatable bonds is 2. The molecule has 5 nitrogen and oxygen atoms in total. The Morgan fingerprint density at radius 3 is 2.47 bits per heavy atom. The van der Waals surface area contributed by atoms with E-state index in [2.05, 4.69) is 5.32 Å². The molecule has 0 bridgehead atoms. The maximum atomic E-state index is 11.1.